The van der Waals surface area contributed by atoms with Crippen LogP contribution in [-0.2, 0) is 22.4 Å². The van der Waals surface area contributed by atoms with Gasteiger partial charge in [0.1, 0.15) is 10.1 Å². The van der Waals surface area contributed by atoms with Gasteiger partial charge >= 0.3 is 5.97 Å². The lowest BCUT2D eigenvalue weighted by Gasteiger charge is -2.10. The average Bonchev–Trinajstić information content (AvgIpc) is 2.84. The largest absolute Gasteiger partial charge is 0.468 e. The molecular formula is C14H16N2O3S2. The van der Waals surface area contributed by atoms with Gasteiger partial charge in [0.15, 0.2) is 5.16 Å². The van der Waals surface area contributed by atoms with Crippen LogP contribution in [0, 0.1) is 0 Å². The summed E-state index contributed by atoms with van der Waals surface area (Å²) in [6.07, 6.45) is 4.31. The smallest absolute Gasteiger partial charge is 0.318 e. The van der Waals surface area contributed by atoms with Crippen LogP contribution in [0.15, 0.2) is 9.95 Å². The number of aryl methyl sites for hydroxylation is 2. The van der Waals surface area contributed by atoms with Crippen LogP contribution in [0.2, 0.25) is 0 Å². The molecule has 5 nitrogen and oxygen atoms in total. The zero-order valence-electron chi connectivity index (χ0n) is 11.9. The molecule has 1 unspecified atom stereocenters. The summed E-state index contributed by atoms with van der Waals surface area (Å²) in [5.41, 5.74) is 1.08. The molecule has 0 aromatic carbocycles. The van der Waals surface area contributed by atoms with E-state index in [1.165, 1.54) is 35.7 Å². The average molecular weight is 324 g/mol. The number of rotatable bonds is 3. The third-order valence-electron chi connectivity index (χ3n) is 3.62. The Morgan fingerprint density at radius 2 is 2.19 bits per heavy atom. The number of thioether (sulfide) groups is 1. The molecule has 0 aliphatic heterocycles. The summed E-state index contributed by atoms with van der Waals surface area (Å²) in [4.78, 5) is 33.2. The predicted molar refractivity (Wildman–Crippen MR) is 84.2 cm³/mol. The molecule has 3 rings (SSSR count). The van der Waals surface area contributed by atoms with Gasteiger partial charge in [-0.15, -0.1) is 11.3 Å². The lowest BCUT2D eigenvalue weighted by atomic mass is 9.97. The number of nitrogens with zero attached hydrogens (tertiary/aromatic N) is 1. The Bertz CT molecular complexity index is 750. The van der Waals surface area contributed by atoms with Gasteiger partial charge in [-0.3, -0.25) is 9.59 Å². The summed E-state index contributed by atoms with van der Waals surface area (Å²) in [5.74, 6) is -0.326. The van der Waals surface area contributed by atoms with Crippen molar-refractivity contribution in [1.29, 1.82) is 0 Å². The second-order valence-corrected chi connectivity index (χ2v) is 7.46. The zero-order chi connectivity index (χ0) is 15.0. The molecule has 0 saturated heterocycles. The molecule has 1 N–H and O–H groups in total. The first-order chi connectivity index (χ1) is 10.1. The first-order valence-electron chi connectivity index (χ1n) is 6.89. The third-order valence-corrected chi connectivity index (χ3v) is 5.77. The minimum Gasteiger partial charge on any atom is -0.468 e. The third kappa shape index (κ3) is 2.72. The maximum atomic E-state index is 12.3. The van der Waals surface area contributed by atoms with E-state index in [4.69, 9.17) is 4.74 Å². The van der Waals surface area contributed by atoms with Gasteiger partial charge in [0, 0.05) is 4.88 Å². The summed E-state index contributed by atoms with van der Waals surface area (Å²) >= 11 is 2.83. The molecule has 2 heterocycles. The Morgan fingerprint density at radius 1 is 1.43 bits per heavy atom. The summed E-state index contributed by atoms with van der Waals surface area (Å²) in [5, 5.41) is 0.818. The quantitative estimate of drug-likeness (QED) is 0.533. The molecular weight excluding hydrogens is 308 g/mol. The van der Waals surface area contributed by atoms with Crippen molar-refractivity contribution in [3.63, 3.8) is 0 Å². The van der Waals surface area contributed by atoms with Gasteiger partial charge in [-0.2, -0.15) is 0 Å². The lowest BCUT2D eigenvalue weighted by Crippen LogP contribution is -2.17. The maximum Gasteiger partial charge on any atom is 0.318 e. The monoisotopic (exact) mass is 324 g/mol. The van der Waals surface area contributed by atoms with Crippen molar-refractivity contribution in [1.82, 2.24) is 9.97 Å². The number of aromatic nitrogens is 2. The highest BCUT2D eigenvalue weighted by molar-refractivity contribution is 8.00. The predicted octanol–water partition coefficient (Wildman–Crippen LogP) is 2.52. The van der Waals surface area contributed by atoms with Gasteiger partial charge in [-0.1, -0.05) is 11.8 Å². The molecule has 0 amide bonds. The fourth-order valence-corrected chi connectivity index (χ4v) is 4.72. The molecule has 1 atom stereocenters. The van der Waals surface area contributed by atoms with Crippen LogP contribution in [0.25, 0.3) is 10.2 Å². The number of H-pyrrole nitrogens is 1. The number of nitrogens with one attached hydrogen (secondary N) is 1. The lowest BCUT2D eigenvalue weighted by molar-refractivity contribution is -0.139. The van der Waals surface area contributed by atoms with E-state index in [1.807, 2.05) is 0 Å². The molecule has 1 aliphatic carbocycles. The highest BCUT2D eigenvalue weighted by atomic mass is 32.2. The molecule has 7 heteroatoms. The summed E-state index contributed by atoms with van der Waals surface area (Å²) in [7, 11) is 1.35. The molecule has 0 bridgehead atoms. The van der Waals surface area contributed by atoms with Crippen LogP contribution in [-0.4, -0.2) is 28.3 Å². The molecule has 0 spiro atoms. The highest BCUT2D eigenvalue weighted by Gasteiger charge is 2.21. The molecule has 0 saturated carbocycles. The van der Waals surface area contributed by atoms with Crippen molar-refractivity contribution in [2.24, 2.45) is 0 Å². The van der Waals surface area contributed by atoms with Gasteiger partial charge < -0.3 is 9.72 Å². The van der Waals surface area contributed by atoms with E-state index in [-0.39, 0.29) is 11.5 Å². The van der Waals surface area contributed by atoms with Crippen molar-refractivity contribution in [3.05, 3.63) is 20.8 Å². The second-order valence-electron chi connectivity index (χ2n) is 5.05. The SMILES string of the molecule is COC(=O)C(C)Sc1nc2sc3c(c2c(=O)[nH]1)CCCC3. The second kappa shape index (κ2) is 5.81. The fourth-order valence-electron chi connectivity index (χ4n) is 2.58. The van der Waals surface area contributed by atoms with Gasteiger partial charge in [-0.05, 0) is 38.2 Å². The number of hydrogen-bond donors (Lipinski definition) is 1. The van der Waals surface area contributed by atoms with Crippen molar-refractivity contribution in [2.45, 2.75) is 43.0 Å². The Hall–Kier alpha value is -1.34. The van der Waals surface area contributed by atoms with Crippen LogP contribution >= 0.6 is 23.1 Å². The number of esters is 1. The minimum absolute atomic E-state index is 0.0982. The molecule has 21 heavy (non-hydrogen) atoms. The van der Waals surface area contributed by atoms with E-state index in [0.29, 0.717) is 5.16 Å². The number of thiophene rings is 1. The van der Waals surface area contributed by atoms with Crippen molar-refractivity contribution in [3.8, 4) is 0 Å². The minimum atomic E-state index is -0.398. The molecule has 112 valence electrons. The fraction of sp³-hybridized carbons (Fsp3) is 0.500. The van der Waals surface area contributed by atoms with E-state index in [1.54, 1.807) is 18.3 Å². The van der Waals surface area contributed by atoms with Crippen molar-refractivity contribution >= 4 is 39.3 Å². The molecule has 2 aromatic rings. The number of carbonyl (C=O) groups is 1. The van der Waals surface area contributed by atoms with E-state index >= 15 is 0 Å². The maximum absolute atomic E-state index is 12.3. The van der Waals surface area contributed by atoms with Gasteiger partial charge in [0.2, 0.25) is 0 Å². The number of hydrogen-bond acceptors (Lipinski definition) is 6. The van der Waals surface area contributed by atoms with Crippen LogP contribution in [0.5, 0.6) is 0 Å². The van der Waals surface area contributed by atoms with Crippen LogP contribution in [0.4, 0.5) is 0 Å². The normalized spacial score (nSPS) is 15.7. The Labute approximate surface area is 130 Å². The Balaban J connectivity index is 2.00. The zero-order valence-corrected chi connectivity index (χ0v) is 13.5. The van der Waals surface area contributed by atoms with Crippen LogP contribution in [0.3, 0.4) is 0 Å². The molecule has 2 aromatic heterocycles. The number of aromatic amines is 1. The van der Waals surface area contributed by atoms with Crippen molar-refractivity contribution in [2.75, 3.05) is 7.11 Å². The first kappa shape index (κ1) is 14.6. The first-order valence-corrected chi connectivity index (χ1v) is 8.59. The number of fused-ring (bicyclic) bond motifs is 3. The number of ether oxygens (including phenoxy) is 1. The summed E-state index contributed by atoms with van der Waals surface area (Å²) < 4.78 is 4.69. The Kier molecular flexibility index (Phi) is 4.03. The number of methoxy groups -OCH3 is 1. The van der Waals surface area contributed by atoms with E-state index in [9.17, 15) is 9.59 Å². The van der Waals surface area contributed by atoms with Crippen molar-refractivity contribution < 1.29 is 9.53 Å². The standard InChI is InChI=1S/C14H16N2O3S2/c1-7(13(18)19-2)20-14-15-11(17)10-8-5-3-4-6-9(8)21-12(10)16-14/h7H,3-6H2,1-2H3,(H,15,16,17). The van der Waals surface area contributed by atoms with E-state index in [0.717, 1.165) is 29.5 Å². The van der Waals surface area contributed by atoms with E-state index < -0.39 is 5.25 Å². The molecule has 1 aliphatic rings. The topological polar surface area (TPSA) is 72.0 Å². The van der Waals surface area contributed by atoms with Gasteiger partial charge in [-0.25, -0.2) is 4.98 Å². The van der Waals surface area contributed by atoms with Gasteiger partial charge in [0.05, 0.1) is 12.5 Å². The Morgan fingerprint density at radius 3 is 2.95 bits per heavy atom. The summed E-state index contributed by atoms with van der Waals surface area (Å²) in [6.45, 7) is 1.74. The van der Waals surface area contributed by atoms with Crippen LogP contribution < -0.4 is 5.56 Å². The van der Waals surface area contributed by atoms with Gasteiger partial charge in [0.25, 0.3) is 5.56 Å². The summed E-state index contributed by atoms with van der Waals surface area (Å²) in [6, 6.07) is 0. The number of carbonyl (C=O) groups excluding carboxylic acids is 1. The highest BCUT2D eigenvalue weighted by Crippen LogP contribution is 2.34. The molecule has 0 fully saturated rings. The van der Waals surface area contributed by atoms with E-state index in [2.05, 4.69) is 9.97 Å². The molecule has 0 radical (unpaired) electrons. The van der Waals surface area contributed by atoms with Crippen LogP contribution in [0.1, 0.15) is 30.2 Å².